The summed E-state index contributed by atoms with van der Waals surface area (Å²) in [4.78, 5) is 0.0333. The monoisotopic (exact) mass is 314 g/mol. The lowest BCUT2D eigenvalue weighted by molar-refractivity contribution is 0.387. The van der Waals surface area contributed by atoms with Crippen molar-refractivity contribution in [1.29, 1.82) is 0 Å². The van der Waals surface area contributed by atoms with E-state index in [0.717, 1.165) is 6.42 Å². The van der Waals surface area contributed by atoms with E-state index in [2.05, 4.69) is 4.72 Å². The first-order valence-electron chi connectivity index (χ1n) is 6.91. The van der Waals surface area contributed by atoms with Gasteiger partial charge in [-0.15, -0.1) is 0 Å². The molecule has 21 heavy (non-hydrogen) atoms. The number of nitrogen functional groups attached to an aromatic ring is 1. The number of benzene rings is 1. The van der Waals surface area contributed by atoms with E-state index in [1.165, 1.54) is 39.2 Å². The molecule has 1 unspecified atom stereocenters. The van der Waals surface area contributed by atoms with Gasteiger partial charge in [0.05, 0.1) is 19.9 Å². The second kappa shape index (κ2) is 6.11. The molecule has 7 heteroatoms. The Labute approximate surface area is 125 Å². The Bertz CT molecular complexity index is 612. The molecule has 0 radical (unpaired) electrons. The van der Waals surface area contributed by atoms with Crippen LogP contribution in [0.25, 0.3) is 0 Å². The third kappa shape index (κ3) is 3.79. The molecular formula is C14H22N2O4S. The van der Waals surface area contributed by atoms with Crippen LogP contribution in [0.1, 0.15) is 26.2 Å². The molecule has 2 rings (SSSR count). The van der Waals surface area contributed by atoms with Crippen LogP contribution in [0.4, 0.5) is 5.69 Å². The van der Waals surface area contributed by atoms with Gasteiger partial charge in [-0.3, -0.25) is 0 Å². The van der Waals surface area contributed by atoms with Gasteiger partial charge in [-0.25, -0.2) is 13.1 Å². The van der Waals surface area contributed by atoms with Crippen molar-refractivity contribution in [3.05, 3.63) is 12.1 Å². The molecule has 0 spiro atoms. The van der Waals surface area contributed by atoms with Gasteiger partial charge >= 0.3 is 0 Å². The highest BCUT2D eigenvalue weighted by Gasteiger charge is 2.28. The second-order valence-corrected chi connectivity index (χ2v) is 7.13. The predicted octanol–water partition coefficient (Wildman–Crippen LogP) is 1.75. The molecule has 0 saturated heterocycles. The van der Waals surface area contributed by atoms with Crippen molar-refractivity contribution in [2.75, 3.05) is 20.0 Å². The molecule has 6 nitrogen and oxygen atoms in total. The molecule has 118 valence electrons. The van der Waals surface area contributed by atoms with E-state index in [1.807, 2.05) is 6.92 Å². The van der Waals surface area contributed by atoms with E-state index in [-0.39, 0.29) is 22.4 Å². The second-order valence-electron chi connectivity index (χ2n) is 5.45. The van der Waals surface area contributed by atoms with E-state index >= 15 is 0 Å². The first kappa shape index (κ1) is 15.9. The van der Waals surface area contributed by atoms with Crippen LogP contribution in [0.5, 0.6) is 11.5 Å². The van der Waals surface area contributed by atoms with Crippen LogP contribution in [-0.4, -0.2) is 28.7 Å². The van der Waals surface area contributed by atoms with Crippen molar-refractivity contribution < 1.29 is 17.9 Å². The van der Waals surface area contributed by atoms with Crippen LogP contribution in [0.3, 0.4) is 0 Å². The molecule has 0 bridgehead atoms. The van der Waals surface area contributed by atoms with Crippen molar-refractivity contribution in [2.45, 2.75) is 37.1 Å². The standard InChI is InChI=1S/C14H22N2O4S/c1-9(6-10-4-5-10)16-21(17,18)14-7-11(15)12(19-2)8-13(14)20-3/h7-10,16H,4-6,15H2,1-3H3. The van der Waals surface area contributed by atoms with Gasteiger partial charge in [0.25, 0.3) is 0 Å². The first-order valence-corrected chi connectivity index (χ1v) is 8.39. The lowest BCUT2D eigenvalue weighted by Crippen LogP contribution is -2.33. The molecule has 1 aliphatic rings. The maximum Gasteiger partial charge on any atom is 0.244 e. The zero-order chi connectivity index (χ0) is 15.6. The van der Waals surface area contributed by atoms with Crippen LogP contribution in [0.15, 0.2) is 17.0 Å². The van der Waals surface area contributed by atoms with E-state index in [9.17, 15) is 8.42 Å². The van der Waals surface area contributed by atoms with E-state index in [4.69, 9.17) is 15.2 Å². The maximum atomic E-state index is 12.5. The van der Waals surface area contributed by atoms with Crippen molar-refractivity contribution in [3.8, 4) is 11.5 Å². The third-order valence-electron chi connectivity index (χ3n) is 3.55. The zero-order valence-corrected chi connectivity index (χ0v) is 13.4. The lowest BCUT2D eigenvalue weighted by Gasteiger charge is -2.17. The minimum atomic E-state index is -3.68. The SMILES string of the molecule is COc1cc(OC)c(S(=O)(=O)NC(C)CC2CC2)cc1N. The van der Waals surface area contributed by atoms with Gasteiger partial charge in [-0.05, 0) is 25.3 Å². The van der Waals surface area contributed by atoms with Gasteiger partial charge in [0.15, 0.2) is 0 Å². The summed E-state index contributed by atoms with van der Waals surface area (Å²) in [6.07, 6.45) is 3.23. The van der Waals surface area contributed by atoms with Gasteiger partial charge in [0, 0.05) is 12.1 Å². The molecule has 0 amide bonds. The Kier molecular flexibility index (Phi) is 4.63. The Balaban J connectivity index is 2.27. The fourth-order valence-corrected chi connectivity index (χ4v) is 3.78. The number of nitrogens with one attached hydrogen (secondary N) is 1. The molecule has 1 saturated carbocycles. The summed E-state index contributed by atoms with van der Waals surface area (Å²) in [6, 6.07) is 2.73. The summed E-state index contributed by atoms with van der Waals surface area (Å²) in [5, 5.41) is 0. The quantitative estimate of drug-likeness (QED) is 0.748. The molecule has 1 aromatic rings. The largest absolute Gasteiger partial charge is 0.495 e. The topological polar surface area (TPSA) is 90.6 Å². The van der Waals surface area contributed by atoms with Crippen molar-refractivity contribution in [2.24, 2.45) is 5.92 Å². The average molecular weight is 314 g/mol. The summed E-state index contributed by atoms with van der Waals surface area (Å²) < 4.78 is 37.9. The summed E-state index contributed by atoms with van der Waals surface area (Å²) in [5.41, 5.74) is 6.06. The fourth-order valence-electron chi connectivity index (χ4n) is 2.33. The van der Waals surface area contributed by atoms with Crippen molar-refractivity contribution in [1.82, 2.24) is 4.72 Å². The number of anilines is 1. The Morgan fingerprint density at radius 1 is 1.29 bits per heavy atom. The predicted molar refractivity (Wildman–Crippen MR) is 81.1 cm³/mol. The number of methoxy groups -OCH3 is 2. The highest BCUT2D eigenvalue weighted by Crippen LogP contribution is 2.35. The minimum absolute atomic E-state index is 0.0333. The van der Waals surface area contributed by atoms with Crippen LogP contribution >= 0.6 is 0 Å². The number of sulfonamides is 1. The summed E-state index contributed by atoms with van der Waals surface area (Å²) in [7, 11) is -0.796. The van der Waals surface area contributed by atoms with Crippen molar-refractivity contribution in [3.63, 3.8) is 0 Å². The van der Waals surface area contributed by atoms with Crippen molar-refractivity contribution >= 4 is 15.7 Å². The average Bonchev–Trinajstić information content (AvgIpc) is 3.21. The van der Waals surface area contributed by atoms with E-state index in [1.54, 1.807) is 0 Å². The third-order valence-corrected chi connectivity index (χ3v) is 5.16. The number of rotatable bonds is 7. The normalized spacial score (nSPS) is 16.5. The lowest BCUT2D eigenvalue weighted by atomic mass is 10.2. The molecule has 1 aliphatic carbocycles. The molecule has 1 atom stereocenters. The van der Waals surface area contributed by atoms with Crippen LogP contribution in [-0.2, 0) is 10.0 Å². The number of hydrogen-bond acceptors (Lipinski definition) is 5. The van der Waals surface area contributed by atoms with E-state index < -0.39 is 10.0 Å². The molecule has 3 N–H and O–H groups in total. The summed E-state index contributed by atoms with van der Waals surface area (Å²) in [6.45, 7) is 1.87. The van der Waals surface area contributed by atoms with Crippen LogP contribution in [0.2, 0.25) is 0 Å². The first-order chi connectivity index (χ1) is 9.87. The van der Waals surface area contributed by atoms with Crippen LogP contribution < -0.4 is 19.9 Å². The highest BCUT2D eigenvalue weighted by molar-refractivity contribution is 7.89. The fraction of sp³-hybridized carbons (Fsp3) is 0.571. The van der Waals surface area contributed by atoms with Gasteiger partial charge in [-0.1, -0.05) is 12.8 Å². The zero-order valence-electron chi connectivity index (χ0n) is 12.5. The number of hydrogen-bond donors (Lipinski definition) is 2. The van der Waals surface area contributed by atoms with Gasteiger partial charge in [-0.2, -0.15) is 0 Å². The Morgan fingerprint density at radius 3 is 2.43 bits per heavy atom. The summed E-state index contributed by atoms with van der Waals surface area (Å²) in [5.74, 6) is 1.24. The molecule has 0 aliphatic heterocycles. The van der Waals surface area contributed by atoms with E-state index in [0.29, 0.717) is 11.7 Å². The van der Waals surface area contributed by atoms with Crippen LogP contribution in [0, 0.1) is 5.92 Å². The van der Waals surface area contributed by atoms with Gasteiger partial charge in [0.1, 0.15) is 16.4 Å². The van der Waals surface area contributed by atoms with Gasteiger partial charge < -0.3 is 15.2 Å². The molecule has 1 aromatic carbocycles. The highest BCUT2D eigenvalue weighted by atomic mass is 32.2. The molecular weight excluding hydrogens is 292 g/mol. The smallest absolute Gasteiger partial charge is 0.244 e. The maximum absolute atomic E-state index is 12.5. The Morgan fingerprint density at radius 2 is 1.90 bits per heavy atom. The Hall–Kier alpha value is -1.47. The van der Waals surface area contributed by atoms with Gasteiger partial charge in [0.2, 0.25) is 10.0 Å². The number of ether oxygens (including phenoxy) is 2. The molecule has 0 heterocycles. The minimum Gasteiger partial charge on any atom is -0.495 e. The molecule has 0 aromatic heterocycles. The number of nitrogens with two attached hydrogens (primary N) is 1. The molecule has 1 fully saturated rings. The summed E-state index contributed by atoms with van der Waals surface area (Å²) >= 11 is 0.